The van der Waals surface area contributed by atoms with Crippen molar-refractivity contribution in [3.05, 3.63) is 59.7 Å². The number of esters is 1. The van der Waals surface area contributed by atoms with Crippen molar-refractivity contribution >= 4 is 31.1 Å². The van der Waals surface area contributed by atoms with Gasteiger partial charge in [0.05, 0.1) is 0 Å². The number of nitrogens with zero attached hydrogens (tertiary/aromatic N) is 2. The number of nitrogens with one attached hydrogen (secondary N) is 1. The summed E-state index contributed by atoms with van der Waals surface area (Å²) in [5.74, 6) is 0.949. The topological polar surface area (TPSA) is 83.8 Å². The van der Waals surface area contributed by atoms with Crippen molar-refractivity contribution in [2.45, 2.75) is 47.0 Å². The molecule has 0 amide bonds. The summed E-state index contributed by atoms with van der Waals surface area (Å²) in [4.78, 5) is 16.3. The van der Waals surface area contributed by atoms with Crippen LogP contribution < -0.4 is 19.3 Å². The fourth-order valence-corrected chi connectivity index (χ4v) is 12.4. The van der Waals surface area contributed by atoms with Crippen LogP contribution in [0.2, 0.25) is 4.82 Å². The van der Waals surface area contributed by atoms with Gasteiger partial charge in [0.2, 0.25) is 0 Å². The zero-order valence-electron chi connectivity index (χ0n) is 21.9. The Bertz CT molecular complexity index is 1420. The van der Waals surface area contributed by atoms with Crippen LogP contribution in [-0.2, 0) is 14.9 Å². The Kier molecular flexibility index (Phi) is 5.08. The summed E-state index contributed by atoms with van der Waals surface area (Å²) < 4.78 is 18.4. The van der Waals surface area contributed by atoms with Gasteiger partial charge in [-0.05, 0) is 0 Å². The molecular formula is C30H31N3O4Se. The van der Waals surface area contributed by atoms with E-state index in [0.717, 1.165) is 50.0 Å². The summed E-state index contributed by atoms with van der Waals surface area (Å²) in [6, 6.07) is 17.6. The second-order valence-corrected chi connectivity index (χ2v) is 13.7. The fourth-order valence-electron chi connectivity index (χ4n) is 9.03. The van der Waals surface area contributed by atoms with Crippen LogP contribution in [0.4, 0.5) is 5.69 Å². The SMILES string of the molecule is COC(=O)C1=C[C@]23CCCN4CC[C@@]5(c6ccc(OC)c(OC)c6N[C@@]15C([Se]c1ccccc1)C2)[C@@]43C#N. The van der Waals surface area contributed by atoms with Gasteiger partial charge >= 0.3 is 230 Å². The third-order valence-corrected chi connectivity index (χ3v) is 12.9. The average molecular weight is 577 g/mol. The number of benzene rings is 2. The van der Waals surface area contributed by atoms with Gasteiger partial charge < -0.3 is 0 Å². The van der Waals surface area contributed by atoms with E-state index in [1.807, 2.05) is 12.1 Å². The number of piperidine rings is 1. The average Bonchev–Trinajstić information content (AvgIpc) is 3.47. The number of methoxy groups -OCH3 is 3. The van der Waals surface area contributed by atoms with E-state index in [-0.39, 0.29) is 25.7 Å². The van der Waals surface area contributed by atoms with Crippen LogP contribution in [0.3, 0.4) is 0 Å². The molecule has 3 aliphatic heterocycles. The summed E-state index contributed by atoms with van der Waals surface area (Å²) in [6.45, 7) is 1.71. The molecule has 3 aliphatic carbocycles. The Balaban J connectivity index is 1.59. The maximum absolute atomic E-state index is 13.8. The van der Waals surface area contributed by atoms with Gasteiger partial charge in [-0.3, -0.25) is 0 Å². The number of rotatable bonds is 5. The van der Waals surface area contributed by atoms with E-state index in [1.54, 1.807) is 14.2 Å². The van der Waals surface area contributed by atoms with Crippen molar-refractivity contribution in [3.8, 4) is 17.6 Å². The van der Waals surface area contributed by atoms with Gasteiger partial charge in [-0.15, -0.1) is 0 Å². The molecule has 2 saturated heterocycles. The van der Waals surface area contributed by atoms with Crippen LogP contribution in [0.1, 0.15) is 31.2 Å². The van der Waals surface area contributed by atoms with E-state index in [0.29, 0.717) is 17.1 Å². The molecule has 3 fully saturated rings. The standard InChI is InChI=1S/C30H31N3O4Se/c1-35-22-11-10-20-24(25(22)36-2)32-30-21(26(34)37-3)16-27(17-23(30)38-19-8-5-4-6-9-19)12-7-14-33-15-13-28(20,30)29(27,33)18-31/h4-6,8-11,16,23,32H,7,12-15,17H2,1-3H3/t23?,27-,28-,29+,30-/m1/s1. The Morgan fingerprint density at radius 2 is 1.92 bits per heavy atom. The van der Waals surface area contributed by atoms with Crippen molar-refractivity contribution in [2.24, 2.45) is 5.41 Å². The zero-order chi connectivity index (χ0) is 26.3. The van der Waals surface area contributed by atoms with Crippen molar-refractivity contribution in [1.82, 2.24) is 4.90 Å². The molecule has 3 spiro atoms. The minimum absolute atomic E-state index is 0.0354. The molecule has 38 heavy (non-hydrogen) atoms. The molecule has 196 valence electrons. The van der Waals surface area contributed by atoms with Gasteiger partial charge in [0.1, 0.15) is 0 Å². The number of hydrogen-bond donors (Lipinski definition) is 1. The first kappa shape index (κ1) is 24.1. The van der Waals surface area contributed by atoms with E-state index < -0.39 is 21.9 Å². The van der Waals surface area contributed by atoms with Crippen LogP contribution in [0, 0.1) is 16.7 Å². The third-order valence-electron chi connectivity index (χ3n) is 10.1. The predicted octanol–water partition coefficient (Wildman–Crippen LogP) is 3.19. The molecule has 5 atom stereocenters. The normalized spacial score (nSPS) is 35.7. The molecule has 2 aromatic carbocycles. The molecule has 2 bridgehead atoms. The van der Waals surface area contributed by atoms with Crippen molar-refractivity contribution in [3.63, 3.8) is 0 Å². The predicted molar refractivity (Wildman–Crippen MR) is 144 cm³/mol. The third kappa shape index (κ3) is 2.43. The van der Waals surface area contributed by atoms with E-state index >= 15 is 0 Å². The van der Waals surface area contributed by atoms with Crippen LogP contribution >= 0.6 is 0 Å². The van der Waals surface area contributed by atoms with Gasteiger partial charge in [-0.25, -0.2) is 0 Å². The number of fused-ring (bicyclic) bond motifs is 2. The first-order valence-corrected chi connectivity index (χ1v) is 15.1. The van der Waals surface area contributed by atoms with Gasteiger partial charge in [-0.1, -0.05) is 0 Å². The molecule has 8 heteroatoms. The molecule has 3 heterocycles. The number of carbonyl (C=O) groups is 1. The Morgan fingerprint density at radius 1 is 1.11 bits per heavy atom. The quantitative estimate of drug-likeness (QED) is 0.433. The van der Waals surface area contributed by atoms with Gasteiger partial charge in [0.15, 0.2) is 0 Å². The van der Waals surface area contributed by atoms with Gasteiger partial charge in [0.25, 0.3) is 0 Å². The van der Waals surface area contributed by atoms with Gasteiger partial charge in [-0.2, -0.15) is 0 Å². The van der Waals surface area contributed by atoms with Crippen molar-refractivity contribution < 1.29 is 19.0 Å². The van der Waals surface area contributed by atoms with E-state index in [4.69, 9.17) is 14.2 Å². The van der Waals surface area contributed by atoms with E-state index in [9.17, 15) is 10.1 Å². The Labute approximate surface area is 229 Å². The first-order chi connectivity index (χ1) is 18.5. The summed E-state index contributed by atoms with van der Waals surface area (Å²) in [6.07, 6.45) is 5.70. The van der Waals surface area contributed by atoms with Crippen LogP contribution in [-0.4, -0.2) is 71.3 Å². The van der Waals surface area contributed by atoms with Crippen LogP contribution in [0.15, 0.2) is 54.1 Å². The Hall–Kier alpha value is -2.98. The van der Waals surface area contributed by atoms with Crippen LogP contribution in [0.5, 0.6) is 11.5 Å². The van der Waals surface area contributed by atoms with E-state index in [1.165, 1.54) is 11.6 Å². The molecule has 2 aromatic rings. The van der Waals surface area contributed by atoms with Crippen molar-refractivity contribution in [2.75, 3.05) is 39.7 Å². The number of carbonyl (C=O) groups excluding carboxylic acids is 1. The fraction of sp³-hybridized carbons (Fsp3) is 0.467. The number of nitriles is 1. The Morgan fingerprint density at radius 3 is 2.63 bits per heavy atom. The molecular weight excluding hydrogens is 545 g/mol. The second kappa shape index (κ2) is 8.02. The first-order valence-electron chi connectivity index (χ1n) is 13.2. The maximum atomic E-state index is 13.8. The zero-order valence-corrected chi connectivity index (χ0v) is 23.6. The summed E-state index contributed by atoms with van der Waals surface area (Å²) >= 11 is 0.0354. The van der Waals surface area contributed by atoms with Crippen LogP contribution in [0.25, 0.3) is 0 Å². The van der Waals surface area contributed by atoms with Crippen molar-refractivity contribution in [1.29, 1.82) is 5.26 Å². The number of hydrogen-bond acceptors (Lipinski definition) is 7. The molecule has 0 radical (unpaired) electrons. The molecule has 1 saturated carbocycles. The molecule has 8 rings (SSSR count). The summed E-state index contributed by atoms with van der Waals surface area (Å²) in [5, 5.41) is 15.2. The summed E-state index contributed by atoms with van der Waals surface area (Å²) in [7, 11) is 4.76. The molecule has 6 aliphatic rings. The number of anilines is 1. The number of ether oxygens (including phenoxy) is 3. The second-order valence-electron chi connectivity index (χ2n) is 11.1. The molecule has 7 nitrogen and oxygen atoms in total. The van der Waals surface area contributed by atoms with Gasteiger partial charge in [0, 0.05) is 0 Å². The minimum atomic E-state index is -0.804. The monoisotopic (exact) mass is 577 g/mol. The molecule has 0 aromatic heterocycles. The molecule has 1 unspecified atom stereocenters. The molecule has 1 N–H and O–H groups in total. The summed E-state index contributed by atoms with van der Waals surface area (Å²) in [5.41, 5.74) is -0.0655. The van der Waals surface area contributed by atoms with E-state index in [2.05, 4.69) is 52.7 Å².